The minimum absolute atomic E-state index is 0.166. The lowest BCUT2D eigenvalue weighted by atomic mass is 10.0. The highest BCUT2D eigenvalue weighted by atomic mass is 16.1. The Morgan fingerprint density at radius 1 is 1.73 bits per heavy atom. The van der Waals surface area contributed by atoms with Gasteiger partial charge < -0.3 is 10.8 Å². The Morgan fingerprint density at radius 2 is 2.27 bits per heavy atom. The summed E-state index contributed by atoms with van der Waals surface area (Å²) >= 11 is 0. The van der Waals surface area contributed by atoms with E-state index in [0.717, 1.165) is 6.08 Å². The van der Waals surface area contributed by atoms with Crippen molar-refractivity contribution in [1.29, 1.82) is 16.1 Å². The SMILES string of the molecule is C=CC(=N)C(C#N)C(=O)C=N. The maximum absolute atomic E-state index is 10.7. The fourth-order valence-electron chi connectivity index (χ4n) is 0.488. The molecule has 0 aliphatic heterocycles. The third-order valence-corrected chi connectivity index (χ3v) is 1.09. The van der Waals surface area contributed by atoms with Gasteiger partial charge >= 0.3 is 0 Å². The van der Waals surface area contributed by atoms with Crippen molar-refractivity contribution in [3.63, 3.8) is 0 Å². The number of nitriles is 1. The van der Waals surface area contributed by atoms with Gasteiger partial charge in [0.05, 0.1) is 18.0 Å². The first kappa shape index (κ1) is 9.24. The van der Waals surface area contributed by atoms with Gasteiger partial charge in [0.15, 0.2) is 11.7 Å². The van der Waals surface area contributed by atoms with Crippen molar-refractivity contribution in [3.8, 4) is 6.07 Å². The molecule has 0 amide bonds. The van der Waals surface area contributed by atoms with E-state index in [1.54, 1.807) is 6.07 Å². The fourth-order valence-corrected chi connectivity index (χ4v) is 0.488. The van der Waals surface area contributed by atoms with Crippen LogP contribution in [0.15, 0.2) is 12.7 Å². The summed E-state index contributed by atoms with van der Waals surface area (Å²) in [5.74, 6) is -1.85. The quantitative estimate of drug-likeness (QED) is 0.571. The number of rotatable bonds is 4. The number of allylic oxidation sites excluding steroid dienone is 1. The van der Waals surface area contributed by atoms with Crippen molar-refractivity contribution in [3.05, 3.63) is 12.7 Å². The summed E-state index contributed by atoms with van der Waals surface area (Å²) in [5.41, 5.74) is -0.166. The van der Waals surface area contributed by atoms with E-state index >= 15 is 0 Å². The largest absolute Gasteiger partial charge is 0.305 e. The van der Waals surface area contributed by atoms with Gasteiger partial charge in [-0.1, -0.05) is 6.58 Å². The van der Waals surface area contributed by atoms with Gasteiger partial charge in [-0.05, 0) is 6.08 Å². The summed E-state index contributed by atoms with van der Waals surface area (Å²) in [6.07, 6.45) is 1.65. The molecule has 0 spiro atoms. The Hall–Kier alpha value is -1.76. The Bertz CT molecular complexity index is 229. The van der Waals surface area contributed by atoms with E-state index in [0.29, 0.717) is 6.21 Å². The van der Waals surface area contributed by atoms with Crippen molar-refractivity contribution in [2.45, 2.75) is 0 Å². The van der Waals surface area contributed by atoms with E-state index in [1.807, 2.05) is 0 Å². The van der Waals surface area contributed by atoms with Gasteiger partial charge in [0.2, 0.25) is 0 Å². The van der Waals surface area contributed by atoms with Gasteiger partial charge in [0, 0.05) is 0 Å². The molecule has 0 aliphatic carbocycles. The molecule has 0 aromatic heterocycles. The van der Waals surface area contributed by atoms with Crippen molar-refractivity contribution in [1.82, 2.24) is 0 Å². The smallest absolute Gasteiger partial charge is 0.196 e. The van der Waals surface area contributed by atoms with Crippen molar-refractivity contribution < 1.29 is 4.79 Å². The van der Waals surface area contributed by atoms with Crippen LogP contribution in [0, 0.1) is 28.1 Å². The first-order valence-electron chi connectivity index (χ1n) is 2.82. The van der Waals surface area contributed by atoms with Crippen LogP contribution in [-0.2, 0) is 4.79 Å². The Kier molecular flexibility index (Phi) is 3.46. The van der Waals surface area contributed by atoms with Crippen molar-refractivity contribution >= 4 is 17.7 Å². The summed E-state index contributed by atoms with van der Waals surface area (Å²) in [4.78, 5) is 10.7. The number of nitrogens with zero attached hydrogens (tertiary/aromatic N) is 1. The zero-order valence-corrected chi connectivity index (χ0v) is 5.79. The molecule has 0 fully saturated rings. The molecule has 0 saturated carbocycles. The molecule has 56 valence electrons. The molecule has 0 aromatic rings. The summed E-state index contributed by atoms with van der Waals surface area (Å²) in [6.45, 7) is 3.24. The Labute approximate surface area is 64.2 Å². The summed E-state index contributed by atoms with van der Waals surface area (Å²) in [5, 5.41) is 22.0. The van der Waals surface area contributed by atoms with Crippen LogP contribution in [0.25, 0.3) is 0 Å². The van der Waals surface area contributed by atoms with E-state index in [9.17, 15) is 4.79 Å². The average molecular weight is 149 g/mol. The van der Waals surface area contributed by atoms with E-state index < -0.39 is 11.7 Å². The highest BCUT2D eigenvalue weighted by Gasteiger charge is 2.18. The molecule has 1 unspecified atom stereocenters. The van der Waals surface area contributed by atoms with Crippen LogP contribution in [0.4, 0.5) is 0 Å². The van der Waals surface area contributed by atoms with E-state index in [4.69, 9.17) is 16.1 Å². The highest BCUT2D eigenvalue weighted by molar-refractivity contribution is 6.34. The molecule has 0 bridgehead atoms. The molecule has 4 nitrogen and oxygen atoms in total. The Morgan fingerprint density at radius 3 is 2.55 bits per heavy atom. The van der Waals surface area contributed by atoms with Gasteiger partial charge in [-0.15, -0.1) is 0 Å². The molecule has 11 heavy (non-hydrogen) atoms. The van der Waals surface area contributed by atoms with Gasteiger partial charge in [0.25, 0.3) is 0 Å². The average Bonchev–Trinajstić information content (AvgIpc) is 2.05. The standard InChI is InChI=1S/C7H7N3O/c1-2-6(10)5(3-8)7(11)4-9/h2,4-5,9-10H,1H2. The van der Waals surface area contributed by atoms with Crippen LogP contribution < -0.4 is 0 Å². The first-order valence-corrected chi connectivity index (χ1v) is 2.82. The zero-order chi connectivity index (χ0) is 8.85. The topological polar surface area (TPSA) is 88.6 Å². The second-order valence-electron chi connectivity index (χ2n) is 1.77. The van der Waals surface area contributed by atoms with E-state index in [-0.39, 0.29) is 5.71 Å². The zero-order valence-electron chi connectivity index (χ0n) is 5.79. The molecular formula is C7H7N3O. The molecule has 0 radical (unpaired) electrons. The monoisotopic (exact) mass is 149 g/mol. The lowest BCUT2D eigenvalue weighted by molar-refractivity contribution is -0.113. The van der Waals surface area contributed by atoms with E-state index in [1.165, 1.54) is 0 Å². The molecule has 0 aliphatic rings. The molecule has 4 heteroatoms. The minimum atomic E-state index is -1.16. The number of hydrogen-bond acceptors (Lipinski definition) is 4. The predicted octanol–water partition coefficient (Wildman–Crippen LogP) is 0.551. The summed E-state index contributed by atoms with van der Waals surface area (Å²) in [6, 6.07) is 1.61. The maximum Gasteiger partial charge on any atom is 0.196 e. The molecule has 0 saturated heterocycles. The van der Waals surface area contributed by atoms with Crippen LogP contribution in [-0.4, -0.2) is 17.7 Å². The van der Waals surface area contributed by atoms with Crippen molar-refractivity contribution in [2.75, 3.05) is 0 Å². The molecule has 1 atom stereocenters. The normalized spacial score (nSPS) is 10.8. The number of carbonyl (C=O) groups excluding carboxylic acids is 1. The summed E-state index contributed by atoms with van der Waals surface area (Å²) in [7, 11) is 0. The third kappa shape index (κ3) is 2.14. The molecule has 0 aromatic carbocycles. The van der Waals surface area contributed by atoms with Crippen molar-refractivity contribution in [2.24, 2.45) is 5.92 Å². The fraction of sp³-hybridized carbons (Fsp3) is 0.143. The minimum Gasteiger partial charge on any atom is -0.305 e. The lowest BCUT2D eigenvalue weighted by Crippen LogP contribution is -2.20. The summed E-state index contributed by atoms with van der Waals surface area (Å²) < 4.78 is 0. The molecule has 2 N–H and O–H groups in total. The first-order chi connectivity index (χ1) is 5.17. The van der Waals surface area contributed by atoms with E-state index in [2.05, 4.69) is 6.58 Å². The second-order valence-corrected chi connectivity index (χ2v) is 1.77. The molecule has 0 rings (SSSR count). The lowest BCUT2D eigenvalue weighted by Gasteiger charge is -1.99. The van der Waals surface area contributed by atoms with Gasteiger partial charge in [0.1, 0.15) is 0 Å². The number of hydrogen-bond donors (Lipinski definition) is 2. The Balaban J connectivity index is 4.56. The van der Waals surface area contributed by atoms with Crippen LogP contribution in [0.2, 0.25) is 0 Å². The maximum atomic E-state index is 10.7. The predicted molar refractivity (Wildman–Crippen MR) is 40.8 cm³/mol. The van der Waals surface area contributed by atoms with Gasteiger partial charge in [-0.2, -0.15) is 5.26 Å². The third-order valence-electron chi connectivity index (χ3n) is 1.09. The van der Waals surface area contributed by atoms with Gasteiger partial charge in [-0.3, -0.25) is 4.79 Å². The van der Waals surface area contributed by atoms with Crippen LogP contribution in [0.5, 0.6) is 0 Å². The number of Topliss-reactive ketones (excluding diaryl/α,β-unsaturated/α-hetero) is 1. The number of nitrogens with one attached hydrogen (secondary N) is 2. The highest BCUT2D eigenvalue weighted by Crippen LogP contribution is 1.97. The number of carbonyl (C=O) groups is 1. The molecular weight excluding hydrogens is 142 g/mol. The second kappa shape index (κ2) is 4.12. The number of ketones is 1. The van der Waals surface area contributed by atoms with Crippen LogP contribution >= 0.6 is 0 Å². The van der Waals surface area contributed by atoms with Crippen LogP contribution in [0.3, 0.4) is 0 Å². The van der Waals surface area contributed by atoms with Crippen LogP contribution in [0.1, 0.15) is 0 Å². The molecule has 0 heterocycles. The van der Waals surface area contributed by atoms with Gasteiger partial charge in [-0.25, -0.2) is 0 Å².